The first-order valence-electron chi connectivity index (χ1n) is 6.88. The van der Waals surface area contributed by atoms with Crippen LogP contribution in [0.5, 0.6) is 0 Å². The third-order valence-electron chi connectivity index (χ3n) is 3.79. The molecule has 1 aromatic rings. The van der Waals surface area contributed by atoms with Crippen molar-refractivity contribution in [3.63, 3.8) is 0 Å². The molecule has 2 heterocycles. The molecule has 1 aliphatic rings. The number of hydrogen-bond donors (Lipinski definition) is 2. The molecule has 6 heteroatoms. The van der Waals surface area contributed by atoms with Crippen LogP contribution < -0.4 is 11.3 Å². The van der Waals surface area contributed by atoms with E-state index >= 15 is 0 Å². The van der Waals surface area contributed by atoms with Crippen molar-refractivity contribution in [1.29, 1.82) is 0 Å². The highest BCUT2D eigenvalue weighted by Gasteiger charge is 2.24. The second-order valence-electron chi connectivity index (χ2n) is 5.62. The number of nitrogen functional groups attached to an aromatic ring is 1. The fraction of sp³-hybridized carbons (Fsp3) is 0.571. The molecule has 0 saturated carbocycles. The van der Waals surface area contributed by atoms with Gasteiger partial charge in [-0.05, 0) is 38.9 Å². The minimum absolute atomic E-state index is 0.0417. The maximum absolute atomic E-state index is 12.5. The fourth-order valence-electron chi connectivity index (χ4n) is 2.70. The molecule has 1 unspecified atom stereocenters. The van der Waals surface area contributed by atoms with Gasteiger partial charge in [0.2, 0.25) is 0 Å². The van der Waals surface area contributed by atoms with Crippen molar-refractivity contribution in [2.24, 2.45) is 11.8 Å². The minimum Gasteiger partial charge on any atom is -0.341 e. The largest absolute Gasteiger partial charge is 0.341 e. The molecule has 6 nitrogen and oxygen atoms in total. The average Bonchev–Trinajstić information content (AvgIpc) is 2.83. The van der Waals surface area contributed by atoms with Gasteiger partial charge < -0.3 is 15.2 Å². The summed E-state index contributed by atoms with van der Waals surface area (Å²) in [6.45, 7) is 4.79. The highest BCUT2D eigenvalue weighted by molar-refractivity contribution is 5.99. The first kappa shape index (κ1) is 14.7. The maximum Gasteiger partial charge on any atom is 0.257 e. The van der Waals surface area contributed by atoms with Crippen LogP contribution in [0.1, 0.15) is 22.5 Å². The summed E-state index contributed by atoms with van der Waals surface area (Å²) >= 11 is 0. The summed E-state index contributed by atoms with van der Waals surface area (Å²) in [6, 6.07) is 1.78. The maximum atomic E-state index is 12.5. The van der Waals surface area contributed by atoms with Crippen LogP contribution in [0.3, 0.4) is 0 Å². The first-order valence-corrected chi connectivity index (χ1v) is 6.88. The van der Waals surface area contributed by atoms with Gasteiger partial charge in [-0.1, -0.05) is 0 Å². The van der Waals surface area contributed by atoms with E-state index in [1.165, 1.54) is 0 Å². The number of likely N-dealkylation sites (tertiary alicyclic amines) is 1. The minimum atomic E-state index is -0.0417. The number of pyridine rings is 1. The molecule has 2 rings (SSSR count). The Hall–Kier alpha value is -1.66. The molecule has 110 valence electrons. The first-order chi connectivity index (χ1) is 9.51. The van der Waals surface area contributed by atoms with E-state index in [0.29, 0.717) is 17.2 Å². The lowest BCUT2D eigenvalue weighted by atomic mass is 10.1. The summed E-state index contributed by atoms with van der Waals surface area (Å²) < 4.78 is 0. The van der Waals surface area contributed by atoms with Crippen molar-refractivity contribution in [3.05, 3.63) is 23.5 Å². The number of aromatic nitrogens is 1. The fourth-order valence-corrected chi connectivity index (χ4v) is 2.70. The summed E-state index contributed by atoms with van der Waals surface area (Å²) in [5.74, 6) is 5.99. The van der Waals surface area contributed by atoms with Crippen LogP contribution in [0.25, 0.3) is 0 Å². The number of hydrazine groups is 1. The predicted octanol–water partition coefficient (Wildman–Crippen LogP) is 0.699. The zero-order chi connectivity index (χ0) is 14.7. The Labute approximate surface area is 119 Å². The zero-order valence-electron chi connectivity index (χ0n) is 12.4. The Morgan fingerprint density at radius 2 is 2.40 bits per heavy atom. The quantitative estimate of drug-likeness (QED) is 0.626. The van der Waals surface area contributed by atoms with Crippen LogP contribution in [0.2, 0.25) is 0 Å². The molecule has 20 heavy (non-hydrogen) atoms. The number of aryl methyl sites for hydroxylation is 1. The Balaban J connectivity index is 2.06. The number of hydrogen-bond acceptors (Lipinski definition) is 5. The van der Waals surface area contributed by atoms with E-state index in [1.807, 2.05) is 14.0 Å². The van der Waals surface area contributed by atoms with E-state index in [1.54, 1.807) is 17.2 Å². The van der Waals surface area contributed by atoms with Gasteiger partial charge in [-0.2, -0.15) is 0 Å². The topological polar surface area (TPSA) is 74.5 Å². The molecule has 1 saturated heterocycles. The van der Waals surface area contributed by atoms with Crippen molar-refractivity contribution in [3.8, 4) is 0 Å². The lowest BCUT2D eigenvalue weighted by molar-refractivity contribution is 0.0774. The van der Waals surface area contributed by atoms with Crippen LogP contribution in [0.15, 0.2) is 12.3 Å². The van der Waals surface area contributed by atoms with E-state index in [4.69, 9.17) is 5.84 Å². The summed E-state index contributed by atoms with van der Waals surface area (Å²) in [6.07, 6.45) is 2.73. The van der Waals surface area contributed by atoms with E-state index in [9.17, 15) is 4.79 Å². The van der Waals surface area contributed by atoms with Gasteiger partial charge in [-0.3, -0.25) is 15.6 Å². The molecule has 1 aromatic heterocycles. The van der Waals surface area contributed by atoms with Gasteiger partial charge in [0.05, 0.1) is 11.3 Å². The van der Waals surface area contributed by atoms with E-state index in [2.05, 4.69) is 22.4 Å². The number of nitrogens with zero attached hydrogens (tertiary/aromatic N) is 3. The van der Waals surface area contributed by atoms with Crippen molar-refractivity contribution >= 4 is 11.6 Å². The monoisotopic (exact) mass is 277 g/mol. The lowest BCUT2D eigenvalue weighted by Crippen LogP contribution is -2.33. The number of rotatable bonds is 4. The average molecular weight is 277 g/mol. The number of carbonyl (C=O) groups is 1. The third-order valence-corrected chi connectivity index (χ3v) is 3.79. The zero-order valence-corrected chi connectivity index (χ0v) is 12.4. The standard InChI is InChI=1S/C14H23N5O/c1-10-6-13(17-15)12(7-16-10)14(20)19(3)9-11-4-5-18(2)8-11/h6-7,11H,4-5,8-9,15H2,1-3H3,(H,16,17). The van der Waals surface area contributed by atoms with Crippen molar-refractivity contribution in [2.45, 2.75) is 13.3 Å². The number of anilines is 1. The van der Waals surface area contributed by atoms with Crippen molar-refractivity contribution in [1.82, 2.24) is 14.8 Å². The second-order valence-corrected chi connectivity index (χ2v) is 5.62. The molecule has 1 aliphatic heterocycles. The molecule has 0 aromatic carbocycles. The molecular formula is C14H23N5O. The van der Waals surface area contributed by atoms with Crippen LogP contribution >= 0.6 is 0 Å². The predicted molar refractivity (Wildman–Crippen MR) is 79.3 cm³/mol. The second kappa shape index (κ2) is 6.19. The van der Waals surface area contributed by atoms with Gasteiger partial charge in [-0.15, -0.1) is 0 Å². The molecular weight excluding hydrogens is 254 g/mol. The van der Waals surface area contributed by atoms with E-state index < -0.39 is 0 Å². The molecule has 1 amide bonds. The van der Waals surface area contributed by atoms with Crippen LogP contribution in [-0.2, 0) is 0 Å². The molecule has 0 aliphatic carbocycles. The van der Waals surface area contributed by atoms with Crippen LogP contribution in [-0.4, -0.2) is 54.4 Å². The van der Waals surface area contributed by atoms with Gasteiger partial charge >= 0.3 is 0 Å². The Bertz CT molecular complexity index is 490. The summed E-state index contributed by atoms with van der Waals surface area (Å²) in [5.41, 5.74) is 4.55. The number of carbonyl (C=O) groups excluding carboxylic acids is 1. The molecule has 1 atom stereocenters. The van der Waals surface area contributed by atoms with Gasteiger partial charge in [-0.25, -0.2) is 0 Å². The number of nitrogens with one attached hydrogen (secondary N) is 1. The van der Waals surface area contributed by atoms with Crippen molar-refractivity contribution in [2.75, 3.05) is 39.2 Å². The molecule has 0 radical (unpaired) electrons. The summed E-state index contributed by atoms with van der Waals surface area (Å²) in [7, 11) is 3.95. The van der Waals surface area contributed by atoms with E-state index in [0.717, 1.165) is 31.7 Å². The molecule has 0 bridgehead atoms. The Kier molecular flexibility index (Phi) is 4.57. The van der Waals surface area contributed by atoms with Gasteiger partial charge in [0.15, 0.2) is 0 Å². The Morgan fingerprint density at radius 3 is 3.00 bits per heavy atom. The van der Waals surface area contributed by atoms with Gasteiger partial charge in [0.25, 0.3) is 5.91 Å². The number of nitrogens with two attached hydrogens (primary N) is 1. The Morgan fingerprint density at radius 1 is 1.65 bits per heavy atom. The highest BCUT2D eigenvalue weighted by atomic mass is 16.2. The lowest BCUT2D eigenvalue weighted by Gasteiger charge is -2.22. The molecule has 0 spiro atoms. The molecule has 1 fully saturated rings. The van der Waals surface area contributed by atoms with Crippen molar-refractivity contribution < 1.29 is 4.79 Å². The number of amides is 1. The summed E-state index contributed by atoms with van der Waals surface area (Å²) in [4.78, 5) is 20.7. The molecule has 3 N–H and O–H groups in total. The highest BCUT2D eigenvalue weighted by Crippen LogP contribution is 2.19. The third kappa shape index (κ3) is 3.26. The normalized spacial score (nSPS) is 19.1. The van der Waals surface area contributed by atoms with Crippen LogP contribution in [0.4, 0.5) is 5.69 Å². The van der Waals surface area contributed by atoms with Gasteiger partial charge in [0, 0.05) is 32.0 Å². The SMILES string of the molecule is Cc1cc(NN)c(C(=O)N(C)CC2CCN(C)C2)cn1. The summed E-state index contributed by atoms with van der Waals surface area (Å²) in [5, 5.41) is 0. The smallest absolute Gasteiger partial charge is 0.257 e. The van der Waals surface area contributed by atoms with E-state index in [-0.39, 0.29) is 5.91 Å². The van der Waals surface area contributed by atoms with Crippen LogP contribution in [0, 0.1) is 12.8 Å². The van der Waals surface area contributed by atoms with Gasteiger partial charge in [0.1, 0.15) is 0 Å².